The van der Waals surface area contributed by atoms with Crippen molar-refractivity contribution in [3.05, 3.63) is 33.2 Å². The van der Waals surface area contributed by atoms with Gasteiger partial charge in [0, 0.05) is 15.4 Å². The summed E-state index contributed by atoms with van der Waals surface area (Å²) in [6.45, 7) is 4.40. The fourth-order valence-corrected chi connectivity index (χ4v) is 2.98. The first kappa shape index (κ1) is 19.2. The first-order chi connectivity index (χ1) is 12.0. The molecule has 9 heteroatoms. The molecule has 1 heterocycles. The van der Waals surface area contributed by atoms with E-state index in [9.17, 15) is 9.90 Å². The smallest absolute Gasteiger partial charge is 0.311 e. The van der Waals surface area contributed by atoms with Gasteiger partial charge in [0.1, 0.15) is 0 Å². The summed E-state index contributed by atoms with van der Waals surface area (Å²) >= 11 is 4.71. The number of ether oxygens (including phenoxy) is 2. The quantitative estimate of drug-likeness (QED) is 0.380. The van der Waals surface area contributed by atoms with Gasteiger partial charge in [-0.2, -0.15) is 5.10 Å². The van der Waals surface area contributed by atoms with Crippen molar-refractivity contribution in [2.75, 3.05) is 18.6 Å². The minimum absolute atomic E-state index is 0.0577. The predicted molar refractivity (Wildman–Crippen MR) is 101 cm³/mol. The van der Waals surface area contributed by atoms with E-state index in [1.54, 1.807) is 30.7 Å². The van der Waals surface area contributed by atoms with Crippen molar-refractivity contribution >= 4 is 44.6 Å². The first-order valence-electron chi connectivity index (χ1n) is 7.57. The third kappa shape index (κ3) is 5.71. The Kier molecular flexibility index (Phi) is 7.20. The van der Waals surface area contributed by atoms with Gasteiger partial charge in [0.2, 0.25) is 5.13 Å². The average molecular weight is 428 g/mol. The summed E-state index contributed by atoms with van der Waals surface area (Å²) < 4.78 is 10.9. The van der Waals surface area contributed by atoms with Crippen LogP contribution in [-0.4, -0.2) is 35.5 Å². The molecule has 0 fully saturated rings. The molecule has 0 saturated heterocycles. The minimum Gasteiger partial charge on any atom is -0.504 e. The normalized spacial score (nSPS) is 10.8. The maximum atomic E-state index is 11.4. The fraction of sp³-hybridized carbons (Fsp3) is 0.312. The average Bonchev–Trinajstić information content (AvgIpc) is 2.99. The number of esters is 1. The lowest BCUT2D eigenvalue weighted by atomic mass is 10.2. The molecule has 0 bridgehead atoms. The van der Waals surface area contributed by atoms with Crippen LogP contribution in [0.25, 0.3) is 0 Å². The number of carbonyl (C=O) groups excluding carboxylic acids is 1. The van der Waals surface area contributed by atoms with Crippen LogP contribution in [0.5, 0.6) is 11.5 Å². The number of hydrogen-bond donors (Lipinski definition) is 2. The summed E-state index contributed by atoms with van der Waals surface area (Å²) in [5, 5.41) is 16.3. The largest absolute Gasteiger partial charge is 0.504 e. The Morgan fingerprint density at radius 1 is 1.44 bits per heavy atom. The molecule has 0 atom stereocenters. The van der Waals surface area contributed by atoms with Crippen LogP contribution in [-0.2, 0) is 16.0 Å². The highest BCUT2D eigenvalue weighted by Gasteiger charge is 2.09. The molecule has 1 aromatic carbocycles. The third-order valence-corrected chi connectivity index (χ3v) is 4.41. The zero-order chi connectivity index (χ0) is 18.2. The molecular weight excluding hydrogens is 410 g/mol. The molecular formula is C16H18BrN3O4S. The van der Waals surface area contributed by atoms with Crippen molar-refractivity contribution in [3.8, 4) is 11.5 Å². The van der Waals surface area contributed by atoms with E-state index in [0.717, 1.165) is 5.56 Å². The Hall–Kier alpha value is -2.13. The van der Waals surface area contributed by atoms with Crippen molar-refractivity contribution in [2.45, 2.75) is 20.3 Å². The van der Waals surface area contributed by atoms with Gasteiger partial charge >= 0.3 is 5.97 Å². The van der Waals surface area contributed by atoms with E-state index in [4.69, 9.17) is 9.47 Å². The standard InChI is InChI=1S/C16H18BrN3O4S/c1-3-23-14-5-10(12(17)7-13(14)21)8-18-20-16-19-11(9-25-16)6-15(22)24-4-2/h5,7-9,21H,3-4,6H2,1-2H3,(H,19,20). The zero-order valence-corrected chi connectivity index (χ0v) is 16.2. The van der Waals surface area contributed by atoms with Crippen molar-refractivity contribution < 1.29 is 19.4 Å². The Labute approximate surface area is 157 Å². The predicted octanol–water partition coefficient (Wildman–Crippen LogP) is 3.56. The number of thiazole rings is 1. The number of hydrazone groups is 1. The van der Waals surface area contributed by atoms with Crippen molar-refractivity contribution in [2.24, 2.45) is 5.10 Å². The number of hydrogen-bond acceptors (Lipinski definition) is 8. The third-order valence-electron chi connectivity index (χ3n) is 2.92. The Balaban J connectivity index is 2.00. The summed E-state index contributed by atoms with van der Waals surface area (Å²) in [7, 11) is 0. The maximum absolute atomic E-state index is 11.4. The highest BCUT2D eigenvalue weighted by Crippen LogP contribution is 2.31. The first-order valence-corrected chi connectivity index (χ1v) is 9.25. The molecule has 2 N–H and O–H groups in total. The van der Waals surface area contributed by atoms with Gasteiger partial charge in [0.15, 0.2) is 11.5 Å². The highest BCUT2D eigenvalue weighted by atomic mass is 79.9. The van der Waals surface area contributed by atoms with E-state index < -0.39 is 0 Å². The number of rotatable bonds is 8. The summed E-state index contributed by atoms with van der Waals surface area (Å²) in [4.78, 5) is 15.7. The maximum Gasteiger partial charge on any atom is 0.311 e. The van der Waals surface area contributed by atoms with Crippen LogP contribution in [0.4, 0.5) is 5.13 Å². The van der Waals surface area contributed by atoms with Crippen LogP contribution < -0.4 is 10.2 Å². The van der Waals surface area contributed by atoms with Gasteiger partial charge in [-0.15, -0.1) is 11.3 Å². The lowest BCUT2D eigenvalue weighted by Gasteiger charge is -2.08. The number of halogens is 1. The van der Waals surface area contributed by atoms with Crippen molar-refractivity contribution in [1.82, 2.24) is 4.98 Å². The Morgan fingerprint density at radius 3 is 2.96 bits per heavy atom. The van der Waals surface area contributed by atoms with E-state index in [-0.39, 0.29) is 18.1 Å². The van der Waals surface area contributed by atoms with E-state index in [1.165, 1.54) is 11.3 Å². The second-order valence-corrected chi connectivity index (χ2v) is 6.48. The SMILES string of the molecule is CCOC(=O)Cc1csc(NN=Cc2cc(OCC)c(O)cc2Br)n1. The van der Waals surface area contributed by atoms with Gasteiger partial charge in [-0.1, -0.05) is 0 Å². The lowest BCUT2D eigenvalue weighted by molar-refractivity contribution is -0.142. The number of nitrogens with one attached hydrogen (secondary N) is 1. The lowest BCUT2D eigenvalue weighted by Crippen LogP contribution is -2.07. The van der Waals surface area contributed by atoms with Gasteiger partial charge in [-0.3, -0.25) is 10.2 Å². The second kappa shape index (κ2) is 9.38. The van der Waals surface area contributed by atoms with Gasteiger partial charge in [-0.25, -0.2) is 4.98 Å². The Morgan fingerprint density at radius 2 is 2.24 bits per heavy atom. The molecule has 7 nitrogen and oxygen atoms in total. The van der Waals surface area contributed by atoms with Crippen LogP contribution in [0.1, 0.15) is 25.1 Å². The molecule has 0 aliphatic heterocycles. The number of phenolic OH excluding ortho intramolecular Hbond substituents is 1. The number of aromatic hydroxyl groups is 1. The van der Waals surface area contributed by atoms with Crippen molar-refractivity contribution in [3.63, 3.8) is 0 Å². The topological polar surface area (TPSA) is 93.0 Å². The molecule has 0 unspecified atom stereocenters. The Bertz CT molecular complexity index is 764. The van der Waals surface area contributed by atoms with Crippen LogP contribution in [0.2, 0.25) is 0 Å². The molecule has 0 aliphatic carbocycles. The monoisotopic (exact) mass is 427 g/mol. The van der Waals surface area contributed by atoms with E-state index in [0.29, 0.717) is 34.3 Å². The summed E-state index contributed by atoms with van der Waals surface area (Å²) in [6.07, 6.45) is 1.72. The summed E-state index contributed by atoms with van der Waals surface area (Å²) in [6, 6.07) is 3.23. The van der Waals surface area contributed by atoms with Gasteiger partial charge < -0.3 is 14.6 Å². The van der Waals surface area contributed by atoms with Crippen LogP contribution in [0, 0.1) is 0 Å². The van der Waals surface area contributed by atoms with Crippen LogP contribution >= 0.6 is 27.3 Å². The number of anilines is 1. The van der Waals surface area contributed by atoms with Crippen molar-refractivity contribution in [1.29, 1.82) is 0 Å². The molecule has 2 aromatic rings. The second-order valence-electron chi connectivity index (χ2n) is 4.77. The van der Waals surface area contributed by atoms with Gasteiger partial charge in [0.05, 0.1) is 31.5 Å². The summed E-state index contributed by atoms with van der Waals surface area (Å²) in [5.41, 5.74) is 4.18. The molecule has 0 spiro atoms. The molecule has 2 rings (SSSR count). The van der Waals surface area contributed by atoms with E-state index in [2.05, 4.69) is 31.4 Å². The number of carbonyl (C=O) groups is 1. The molecule has 1 aromatic heterocycles. The molecule has 0 aliphatic rings. The van der Waals surface area contributed by atoms with E-state index in [1.807, 2.05) is 6.92 Å². The number of aromatic nitrogens is 1. The number of nitrogens with zero attached hydrogens (tertiary/aromatic N) is 2. The summed E-state index contributed by atoms with van der Waals surface area (Å²) in [5.74, 6) is 0.139. The zero-order valence-electron chi connectivity index (χ0n) is 13.8. The van der Waals surface area contributed by atoms with E-state index >= 15 is 0 Å². The molecule has 25 heavy (non-hydrogen) atoms. The molecule has 0 amide bonds. The number of benzene rings is 1. The molecule has 134 valence electrons. The van der Waals surface area contributed by atoms with Crippen LogP contribution in [0.15, 0.2) is 27.1 Å². The molecule has 0 saturated carbocycles. The minimum atomic E-state index is -0.306. The highest BCUT2D eigenvalue weighted by molar-refractivity contribution is 9.10. The van der Waals surface area contributed by atoms with Gasteiger partial charge in [-0.05, 0) is 41.9 Å². The van der Waals surface area contributed by atoms with Gasteiger partial charge in [0.25, 0.3) is 0 Å². The van der Waals surface area contributed by atoms with Crippen LogP contribution in [0.3, 0.4) is 0 Å². The fourth-order valence-electron chi connectivity index (χ4n) is 1.89. The molecule has 0 radical (unpaired) electrons. The number of phenols is 1.